The normalized spacial score (nSPS) is 22.9. The highest BCUT2D eigenvalue weighted by Gasteiger charge is 2.21. The molecule has 1 aliphatic rings. The highest BCUT2D eigenvalue weighted by atomic mass is 16.2. The number of rotatable bonds is 3. The van der Waals surface area contributed by atoms with Crippen LogP contribution < -0.4 is 5.32 Å². The SMILES string of the molecule is CC1CCCCC1Nc1ccc(C(=O)N(C)C)nn1. The van der Waals surface area contributed by atoms with Crippen LogP contribution in [0.3, 0.4) is 0 Å². The van der Waals surface area contributed by atoms with E-state index in [9.17, 15) is 4.79 Å². The number of anilines is 1. The third-order valence-corrected chi connectivity index (χ3v) is 3.73. The summed E-state index contributed by atoms with van der Waals surface area (Å²) in [5.74, 6) is 1.30. The third-order valence-electron chi connectivity index (χ3n) is 3.73. The topological polar surface area (TPSA) is 58.1 Å². The van der Waals surface area contributed by atoms with Crippen LogP contribution in [0.15, 0.2) is 12.1 Å². The number of aromatic nitrogens is 2. The Morgan fingerprint density at radius 2 is 2.00 bits per heavy atom. The van der Waals surface area contributed by atoms with Crippen molar-refractivity contribution in [1.82, 2.24) is 15.1 Å². The molecule has 0 bridgehead atoms. The average molecular weight is 262 g/mol. The summed E-state index contributed by atoms with van der Waals surface area (Å²) in [5, 5.41) is 11.5. The fourth-order valence-electron chi connectivity index (χ4n) is 2.47. The molecule has 0 saturated heterocycles. The van der Waals surface area contributed by atoms with Crippen molar-refractivity contribution >= 4 is 11.7 Å². The van der Waals surface area contributed by atoms with Crippen LogP contribution in [-0.2, 0) is 0 Å². The van der Waals surface area contributed by atoms with Crippen LogP contribution in [-0.4, -0.2) is 41.1 Å². The summed E-state index contributed by atoms with van der Waals surface area (Å²) in [6, 6.07) is 4.04. The van der Waals surface area contributed by atoms with Crippen molar-refractivity contribution in [3.05, 3.63) is 17.8 Å². The molecule has 19 heavy (non-hydrogen) atoms. The van der Waals surface area contributed by atoms with Crippen LogP contribution in [0.1, 0.15) is 43.1 Å². The van der Waals surface area contributed by atoms with E-state index in [2.05, 4.69) is 22.4 Å². The number of nitrogens with one attached hydrogen (secondary N) is 1. The fourth-order valence-corrected chi connectivity index (χ4v) is 2.47. The van der Waals surface area contributed by atoms with Crippen molar-refractivity contribution in [1.29, 1.82) is 0 Å². The average Bonchev–Trinajstić information content (AvgIpc) is 2.41. The number of carbonyl (C=O) groups excluding carboxylic acids is 1. The monoisotopic (exact) mass is 262 g/mol. The highest BCUT2D eigenvalue weighted by molar-refractivity contribution is 5.91. The van der Waals surface area contributed by atoms with Gasteiger partial charge >= 0.3 is 0 Å². The van der Waals surface area contributed by atoms with Crippen LogP contribution in [0.4, 0.5) is 5.82 Å². The summed E-state index contributed by atoms with van der Waals surface area (Å²) in [7, 11) is 3.42. The number of hydrogen-bond acceptors (Lipinski definition) is 4. The molecule has 2 atom stereocenters. The predicted octanol–water partition coefficient (Wildman–Crippen LogP) is 2.17. The van der Waals surface area contributed by atoms with Gasteiger partial charge in [0.1, 0.15) is 5.82 Å². The number of nitrogens with zero attached hydrogens (tertiary/aromatic N) is 3. The first-order valence-corrected chi connectivity index (χ1v) is 6.90. The first-order chi connectivity index (χ1) is 9.08. The van der Waals surface area contributed by atoms with E-state index in [1.807, 2.05) is 6.07 Å². The summed E-state index contributed by atoms with van der Waals surface area (Å²) in [6.45, 7) is 2.27. The lowest BCUT2D eigenvalue weighted by Crippen LogP contribution is -2.31. The van der Waals surface area contributed by atoms with Crippen molar-refractivity contribution in [2.75, 3.05) is 19.4 Å². The number of hydrogen-bond donors (Lipinski definition) is 1. The van der Waals surface area contributed by atoms with Gasteiger partial charge in [-0.2, -0.15) is 0 Å². The molecule has 1 aliphatic carbocycles. The predicted molar refractivity (Wildman–Crippen MR) is 75.1 cm³/mol. The first kappa shape index (κ1) is 13.8. The lowest BCUT2D eigenvalue weighted by Gasteiger charge is -2.29. The zero-order valence-corrected chi connectivity index (χ0v) is 11.9. The van der Waals surface area contributed by atoms with Gasteiger partial charge in [-0.05, 0) is 30.9 Å². The Labute approximate surface area is 114 Å². The van der Waals surface area contributed by atoms with Crippen molar-refractivity contribution in [3.8, 4) is 0 Å². The summed E-state index contributed by atoms with van der Waals surface area (Å²) in [4.78, 5) is 13.2. The standard InChI is InChI=1S/C14H22N4O/c1-10-6-4-5-7-11(10)15-13-9-8-12(16-17-13)14(19)18(2)3/h8-11H,4-7H2,1-3H3,(H,15,17). The Balaban J connectivity index is 2.00. The van der Waals surface area contributed by atoms with Gasteiger partial charge in [-0.25, -0.2) is 0 Å². The zero-order valence-electron chi connectivity index (χ0n) is 11.9. The van der Waals surface area contributed by atoms with Gasteiger partial charge in [-0.3, -0.25) is 4.79 Å². The molecule has 1 aromatic heterocycles. The maximum absolute atomic E-state index is 11.7. The molecule has 1 N–H and O–H groups in total. The highest BCUT2D eigenvalue weighted by Crippen LogP contribution is 2.26. The molecule has 1 aromatic rings. The third kappa shape index (κ3) is 3.43. The van der Waals surface area contributed by atoms with Crippen LogP contribution in [0.2, 0.25) is 0 Å². The molecule has 0 aromatic carbocycles. The van der Waals surface area contributed by atoms with Crippen LogP contribution in [0, 0.1) is 5.92 Å². The minimum atomic E-state index is -0.120. The van der Waals surface area contributed by atoms with Gasteiger partial charge in [-0.15, -0.1) is 10.2 Å². The lowest BCUT2D eigenvalue weighted by atomic mass is 9.86. The van der Waals surface area contributed by atoms with Crippen molar-refractivity contribution in [2.45, 2.75) is 38.6 Å². The fraction of sp³-hybridized carbons (Fsp3) is 0.643. The van der Waals surface area contributed by atoms with E-state index in [4.69, 9.17) is 0 Å². The first-order valence-electron chi connectivity index (χ1n) is 6.90. The molecule has 1 heterocycles. The van der Waals surface area contributed by atoms with Gasteiger partial charge in [0.2, 0.25) is 0 Å². The second-order valence-electron chi connectivity index (χ2n) is 5.52. The summed E-state index contributed by atoms with van der Waals surface area (Å²) < 4.78 is 0. The van der Waals surface area contributed by atoms with Gasteiger partial charge in [0.05, 0.1) is 0 Å². The van der Waals surface area contributed by atoms with E-state index in [-0.39, 0.29) is 5.91 Å². The summed E-state index contributed by atoms with van der Waals surface area (Å²) in [5.41, 5.74) is 0.382. The number of amides is 1. The molecule has 2 unspecified atom stereocenters. The molecule has 5 nitrogen and oxygen atoms in total. The van der Waals surface area contributed by atoms with Gasteiger partial charge in [0.25, 0.3) is 5.91 Å². The smallest absolute Gasteiger partial charge is 0.273 e. The van der Waals surface area contributed by atoms with Crippen LogP contribution in [0.25, 0.3) is 0 Å². The molecule has 0 radical (unpaired) electrons. The minimum absolute atomic E-state index is 0.120. The van der Waals surface area contributed by atoms with Crippen molar-refractivity contribution in [2.24, 2.45) is 5.92 Å². The van der Waals surface area contributed by atoms with E-state index < -0.39 is 0 Å². The molecule has 1 saturated carbocycles. The number of carbonyl (C=O) groups is 1. The van der Waals surface area contributed by atoms with Crippen LogP contribution >= 0.6 is 0 Å². The molecule has 104 valence electrons. The quantitative estimate of drug-likeness (QED) is 0.907. The van der Waals surface area contributed by atoms with E-state index in [0.717, 1.165) is 5.82 Å². The zero-order chi connectivity index (χ0) is 13.8. The van der Waals surface area contributed by atoms with E-state index in [1.165, 1.54) is 30.6 Å². The molecule has 2 rings (SSSR count). The second-order valence-corrected chi connectivity index (χ2v) is 5.52. The Morgan fingerprint density at radius 3 is 2.58 bits per heavy atom. The van der Waals surface area contributed by atoms with E-state index in [0.29, 0.717) is 17.7 Å². The van der Waals surface area contributed by atoms with Gasteiger partial charge < -0.3 is 10.2 Å². The van der Waals surface area contributed by atoms with Gasteiger partial charge in [0.15, 0.2) is 5.69 Å². The van der Waals surface area contributed by atoms with E-state index >= 15 is 0 Å². The minimum Gasteiger partial charge on any atom is -0.366 e. The Morgan fingerprint density at radius 1 is 1.26 bits per heavy atom. The molecule has 5 heteroatoms. The summed E-state index contributed by atoms with van der Waals surface area (Å²) in [6.07, 6.45) is 5.04. The summed E-state index contributed by atoms with van der Waals surface area (Å²) >= 11 is 0. The van der Waals surface area contributed by atoms with Gasteiger partial charge in [-0.1, -0.05) is 19.8 Å². The maximum atomic E-state index is 11.7. The lowest BCUT2D eigenvalue weighted by molar-refractivity contribution is 0.0821. The Hall–Kier alpha value is -1.65. The van der Waals surface area contributed by atoms with Crippen LogP contribution in [0.5, 0.6) is 0 Å². The van der Waals surface area contributed by atoms with Crippen molar-refractivity contribution in [3.63, 3.8) is 0 Å². The molecule has 1 fully saturated rings. The Bertz CT molecular complexity index is 430. The molecule has 1 amide bonds. The molecular formula is C14H22N4O. The molecular weight excluding hydrogens is 240 g/mol. The van der Waals surface area contributed by atoms with Crippen molar-refractivity contribution < 1.29 is 4.79 Å². The van der Waals surface area contributed by atoms with E-state index in [1.54, 1.807) is 20.2 Å². The second kappa shape index (κ2) is 5.99. The maximum Gasteiger partial charge on any atom is 0.273 e. The van der Waals surface area contributed by atoms with Gasteiger partial charge in [0, 0.05) is 20.1 Å². The Kier molecular flexibility index (Phi) is 4.35. The largest absolute Gasteiger partial charge is 0.366 e. The molecule has 0 aliphatic heterocycles. The molecule has 0 spiro atoms.